The Morgan fingerprint density at radius 2 is 1.81 bits per heavy atom. The first kappa shape index (κ1) is 13.2. The quantitative estimate of drug-likeness (QED) is 0.627. The van der Waals surface area contributed by atoms with Crippen LogP contribution in [0, 0.1) is 11.6 Å². The molecule has 0 bridgehead atoms. The zero-order valence-corrected chi connectivity index (χ0v) is 10.7. The van der Waals surface area contributed by atoms with Gasteiger partial charge in [0.1, 0.15) is 11.6 Å². The molecule has 0 fully saturated rings. The molecule has 1 aliphatic heterocycles. The molecule has 0 radical (unpaired) electrons. The van der Waals surface area contributed by atoms with E-state index in [2.05, 4.69) is 4.99 Å². The number of nitrogens with zero attached hydrogens (tertiary/aromatic N) is 1. The Labute approximate surface area is 119 Å². The first-order valence-corrected chi connectivity index (χ1v) is 6.16. The largest absolute Gasteiger partial charge is 0.402 e. The first-order chi connectivity index (χ1) is 10.1. The Morgan fingerprint density at radius 1 is 1.05 bits per heavy atom. The molecule has 0 aliphatic carbocycles. The monoisotopic (exact) mass is 285 g/mol. The number of hydrogen-bond acceptors (Lipinski definition) is 3. The molecule has 0 atom stereocenters. The van der Waals surface area contributed by atoms with Crippen molar-refractivity contribution in [3.63, 3.8) is 0 Å². The number of esters is 1. The summed E-state index contributed by atoms with van der Waals surface area (Å²) in [6.45, 7) is 0. The predicted molar refractivity (Wildman–Crippen MR) is 73.4 cm³/mol. The zero-order chi connectivity index (χ0) is 14.8. The van der Waals surface area contributed by atoms with Crippen LogP contribution >= 0.6 is 0 Å². The average Bonchev–Trinajstić information content (AvgIpc) is 2.84. The number of hydrogen-bond donors (Lipinski definition) is 0. The van der Waals surface area contributed by atoms with Crippen LogP contribution < -0.4 is 0 Å². The van der Waals surface area contributed by atoms with E-state index in [9.17, 15) is 13.6 Å². The molecule has 0 aromatic heterocycles. The first-order valence-electron chi connectivity index (χ1n) is 6.16. The third-order valence-corrected chi connectivity index (χ3v) is 2.88. The number of halogens is 2. The van der Waals surface area contributed by atoms with Gasteiger partial charge in [0.05, 0.1) is 5.56 Å². The van der Waals surface area contributed by atoms with Gasteiger partial charge >= 0.3 is 5.97 Å². The number of rotatable bonds is 2. The van der Waals surface area contributed by atoms with Crippen LogP contribution in [0.5, 0.6) is 0 Å². The Balaban J connectivity index is 1.99. The van der Waals surface area contributed by atoms with Crippen LogP contribution in [0.1, 0.15) is 11.1 Å². The molecule has 1 aliphatic rings. The average molecular weight is 285 g/mol. The molecule has 0 saturated heterocycles. The van der Waals surface area contributed by atoms with Crippen molar-refractivity contribution in [3.05, 3.63) is 77.0 Å². The van der Waals surface area contributed by atoms with Crippen molar-refractivity contribution in [1.29, 1.82) is 0 Å². The van der Waals surface area contributed by atoms with Crippen LogP contribution in [0.15, 0.2) is 59.2 Å². The van der Waals surface area contributed by atoms with Gasteiger partial charge in [-0.05, 0) is 29.8 Å². The Bertz CT molecular complexity index is 767. The molecule has 3 nitrogen and oxygen atoms in total. The highest BCUT2D eigenvalue weighted by Crippen LogP contribution is 2.21. The predicted octanol–water partition coefficient (Wildman–Crippen LogP) is 3.31. The third kappa shape index (κ3) is 2.72. The lowest BCUT2D eigenvalue weighted by molar-refractivity contribution is -0.129. The van der Waals surface area contributed by atoms with Crippen molar-refractivity contribution >= 4 is 17.9 Å². The SMILES string of the molecule is O=C1OC(c2cc(F)ccc2F)=NC1=Cc1ccccc1. The minimum Gasteiger partial charge on any atom is -0.402 e. The highest BCUT2D eigenvalue weighted by atomic mass is 19.1. The van der Waals surface area contributed by atoms with E-state index in [1.54, 1.807) is 12.1 Å². The number of benzene rings is 2. The van der Waals surface area contributed by atoms with E-state index in [0.717, 1.165) is 23.8 Å². The van der Waals surface area contributed by atoms with E-state index in [-0.39, 0.29) is 17.2 Å². The second-order valence-electron chi connectivity index (χ2n) is 4.37. The molecule has 5 heteroatoms. The van der Waals surface area contributed by atoms with Crippen molar-refractivity contribution in [2.24, 2.45) is 4.99 Å². The van der Waals surface area contributed by atoms with Crippen molar-refractivity contribution in [2.45, 2.75) is 0 Å². The van der Waals surface area contributed by atoms with Gasteiger partial charge in [-0.1, -0.05) is 30.3 Å². The summed E-state index contributed by atoms with van der Waals surface area (Å²) in [7, 11) is 0. The fraction of sp³-hybridized carbons (Fsp3) is 0. The van der Waals surface area contributed by atoms with Crippen LogP contribution in [0.2, 0.25) is 0 Å². The van der Waals surface area contributed by atoms with Crippen LogP contribution in [0.3, 0.4) is 0 Å². The second-order valence-corrected chi connectivity index (χ2v) is 4.37. The lowest BCUT2D eigenvalue weighted by Crippen LogP contribution is -2.07. The minimum atomic E-state index is -0.705. The lowest BCUT2D eigenvalue weighted by atomic mass is 10.2. The topological polar surface area (TPSA) is 38.7 Å². The van der Waals surface area contributed by atoms with Gasteiger partial charge < -0.3 is 4.74 Å². The summed E-state index contributed by atoms with van der Waals surface area (Å²) in [5, 5.41) is 0. The van der Waals surface area contributed by atoms with E-state index >= 15 is 0 Å². The highest BCUT2D eigenvalue weighted by molar-refractivity contribution is 6.12. The standard InChI is InChI=1S/C16H9F2NO2/c17-11-6-7-13(18)12(9-11)15-19-14(16(20)21-15)8-10-4-2-1-3-5-10/h1-9H. The van der Waals surface area contributed by atoms with Crippen LogP contribution in [-0.2, 0) is 9.53 Å². The molecular weight excluding hydrogens is 276 g/mol. The maximum Gasteiger partial charge on any atom is 0.363 e. The van der Waals surface area contributed by atoms with Gasteiger partial charge in [-0.15, -0.1) is 0 Å². The van der Waals surface area contributed by atoms with Gasteiger partial charge in [0.25, 0.3) is 0 Å². The highest BCUT2D eigenvalue weighted by Gasteiger charge is 2.26. The molecule has 3 rings (SSSR count). The van der Waals surface area contributed by atoms with Gasteiger partial charge in [0.15, 0.2) is 5.70 Å². The summed E-state index contributed by atoms with van der Waals surface area (Å²) >= 11 is 0. The van der Waals surface area contributed by atoms with Gasteiger partial charge in [0, 0.05) is 0 Å². The molecule has 0 unspecified atom stereocenters. The molecular formula is C16H9F2NO2. The van der Waals surface area contributed by atoms with Crippen molar-refractivity contribution in [2.75, 3.05) is 0 Å². The fourth-order valence-corrected chi connectivity index (χ4v) is 1.89. The summed E-state index contributed by atoms with van der Waals surface area (Å²) in [6.07, 6.45) is 1.52. The van der Waals surface area contributed by atoms with Crippen molar-refractivity contribution in [3.8, 4) is 0 Å². The van der Waals surface area contributed by atoms with Crippen LogP contribution in [-0.4, -0.2) is 11.9 Å². The van der Waals surface area contributed by atoms with Crippen molar-refractivity contribution < 1.29 is 18.3 Å². The maximum absolute atomic E-state index is 13.6. The van der Waals surface area contributed by atoms with Gasteiger partial charge in [-0.3, -0.25) is 0 Å². The summed E-state index contributed by atoms with van der Waals surface area (Å²) in [6, 6.07) is 11.9. The van der Waals surface area contributed by atoms with E-state index in [4.69, 9.17) is 4.74 Å². The van der Waals surface area contributed by atoms with E-state index in [1.165, 1.54) is 6.08 Å². The fourth-order valence-electron chi connectivity index (χ4n) is 1.89. The molecule has 104 valence electrons. The van der Waals surface area contributed by atoms with E-state index in [0.29, 0.717) is 0 Å². The molecule has 0 N–H and O–H groups in total. The number of ether oxygens (including phenoxy) is 1. The number of aliphatic imine (C=N–C) groups is 1. The summed E-state index contributed by atoms with van der Waals surface area (Å²) < 4.78 is 31.7. The van der Waals surface area contributed by atoms with E-state index in [1.807, 2.05) is 18.2 Å². The molecule has 0 amide bonds. The molecule has 1 heterocycles. The van der Waals surface area contributed by atoms with Crippen molar-refractivity contribution in [1.82, 2.24) is 0 Å². The Kier molecular flexibility index (Phi) is 3.31. The summed E-state index contributed by atoms with van der Waals surface area (Å²) in [5.41, 5.74) is 0.619. The van der Waals surface area contributed by atoms with E-state index < -0.39 is 17.6 Å². The van der Waals surface area contributed by atoms with Crippen LogP contribution in [0.25, 0.3) is 6.08 Å². The number of carbonyl (C=O) groups excluding carboxylic acids is 1. The molecule has 2 aromatic rings. The molecule has 0 spiro atoms. The number of cyclic esters (lactones) is 1. The number of carbonyl (C=O) groups is 1. The minimum absolute atomic E-state index is 0.0415. The molecule has 0 saturated carbocycles. The van der Waals surface area contributed by atoms with Gasteiger partial charge in [0.2, 0.25) is 5.90 Å². The zero-order valence-electron chi connectivity index (χ0n) is 10.7. The van der Waals surface area contributed by atoms with Gasteiger partial charge in [-0.2, -0.15) is 0 Å². The third-order valence-electron chi connectivity index (χ3n) is 2.88. The lowest BCUT2D eigenvalue weighted by Gasteiger charge is -2.00. The van der Waals surface area contributed by atoms with Gasteiger partial charge in [-0.25, -0.2) is 18.6 Å². The normalized spacial score (nSPS) is 16.0. The Morgan fingerprint density at radius 3 is 2.57 bits per heavy atom. The van der Waals surface area contributed by atoms with Crippen LogP contribution in [0.4, 0.5) is 8.78 Å². The maximum atomic E-state index is 13.6. The molecule has 2 aromatic carbocycles. The second kappa shape index (κ2) is 5.28. The summed E-state index contributed by atoms with van der Waals surface area (Å²) in [4.78, 5) is 15.7. The smallest absolute Gasteiger partial charge is 0.363 e. The summed E-state index contributed by atoms with van der Waals surface area (Å²) in [5.74, 6) is -2.27. The molecule has 21 heavy (non-hydrogen) atoms. The Hall–Kier alpha value is -2.82.